The van der Waals surface area contributed by atoms with Crippen LogP contribution in [0.3, 0.4) is 0 Å². The van der Waals surface area contributed by atoms with Gasteiger partial charge in [-0.25, -0.2) is 4.31 Å². The van der Waals surface area contributed by atoms with E-state index in [9.17, 15) is 5.11 Å². The molecule has 0 aromatic rings. The highest BCUT2D eigenvalue weighted by atomic mass is 32.2. The Labute approximate surface area is 136 Å². The molecule has 5 heteroatoms. The molecule has 0 bridgehead atoms. The van der Waals surface area contributed by atoms with Crippen molar-refractivity contribution in [2.75, 3.05) is 52.1 Å². The molecule has 2 atom stereocenters. The van der Waals surface area contributed by atoms with E-state index in [0.717, 1.165) is 45.8 Å². The highest BCUT2D eigenvalue weighted by Gasteiger charge is 2.21. The van der Waals surface area contributed by atoms with Gasteiger partial charge in [-0.3, -0.25) is 9.80 Å². The summed E-state index contributed by atoms with van der Waals surface area (Å²) in [5.74, 6) is 0. The molecule has 0 amide bonds. The highest BCUT2D eigenvalue weighted by Crippen LogP contribution is 2.12. The molecule has 1 rings (SSSR count). The SMILES string of the molecule is CCCCC(C)N(CC)CC(O)CN1CCN(SC)CC1. The Morgan fingerprint density at radius 3 is 2.38 bits per heavy atom. The van der Waals surface area contributed by atoms with Crippen molar-refractivity contribution in [1.82, 2.24) is 14.1 Å². The molecule has 0 radical (unpaired) electrons. The van der Waals surface area contributed by atoms with Crippen LogP contribution in [0.5, 0.6) is 0 Å². The van der Waals surface area contributed by atoms with Crippen molar-refractivity contribution in [2.24, 2.45) is 0 Å². The van der Waals surface area contributed by atoms with Gasteiger partial charge in [0.15, 0.2) is 0 Å². The number of unbranched alkanes of at least 4 members (excludes halogenated alkanes) is 1. The molecule has 1 heterocycles. The Hall–Kier alpha value is 0.190. The first-order chi connectivity index (χ1) is 10.1. The average molecular weight is 318 g/mol. The smallest absolute Gasteiger partial charge is 0.0793 e. The van der Waals surface area contributed by atoms with Crippen molar-refractivity contribution < 1.29 is 5.11 Å². The standard InChI is InChI=1S/C16H35N3OS/c1-5-7-8-15(3)18(6-2)14-16(20)13-17-9-11-19(21-4)12-10-17/h15-16,20H,5-14H2,1-4H3. The normalized spacial score (nSPS) is 20.9. The third kappa shape index (κ3) is 7.33. The van der Waals surface area contributed by atoms with Gasteiger partial charge in [-0.2, -0.15) is 0 Å². The number of aliphatic hydroxyl groups is 1. The number of piperazine rings is 1. The van der Waals surface area contributed by atoms with E-state index >= 15 is 0 Å². The van der Waals surface area contributed by atoms with Crippen molar-refractivity contribution >= 4 is 11.9 Å². The molecule has 1 aliphatic rings. The van der Waals surface area contributed by atoms with Gasteiger partial charge >= 0.3 is 0 Å². The summed E-state index contributed by atoms with van der Waals surface area (Å²) < 4.78 is 2.40. The van der Waals surface area contributed by atoms with E-state index < -0.39 is 0 Å². The summed E-state index contributed by atoms with van der Waals surface area (Å²) >= 11 is 1.83. The van der Waals surface area contributed by atoms with E-state index in [4.69, 9.17) is 0 Å². The molecule has 1 N–H and O–H groups in total. The van der Waals surface area contributed by atoms with Crippen molar-refractivity contribution in [1.29, 1.82) is 0 Å². The van der Waals surface area contributed by atoms with Crippen LogP contribution in [-0.4, -0.2) is 83.4 Å². The predicted molar refractivity (Wildman–Crippen MR) is 93.8 cm³/mol. The summed E-state index contributed by atoms with van der Waals surface area (Å²) in [5.41, 5.74) is 0. The zero-order chi connectivity index (χ0) is 15.7. The zero-order valence-corrected chi connectivity index (χ0v) is 15.2. The van der Waals surface area contributed by atoms with Gasteiger partial charge in [-0.15, -0.1) is 0 Å². The second-order valence-corrected chi connectivity index (χ2v) is 7.03. The third-order valence-corrected chi connectivity index (χ3v) is 5.39. The predicted octanol–water partition coefficient (Wildman–Crippen LogP) is 2.14. The van der Waals surface area contributed by atoms with Crippen LogP contribution in [-0.2, 0) is 0 Å². The molecule has 126 valence electrons. The molecule has 4 nitrogen and oxygen atoms in total. The minimum atomic E-state index is -0.227. The Bertz CT molecular complexity index is 260. The number of β-amino-alcohol motifs (C(OH)–C–C–N with tert-alkyl or cyclic N) is 1. The van der Waals surface area contributed by atoms with Crippen LogP contribution in [0.25, 0.3) is 0 Å². The van der Waals surface area contributed by atoms with Gasteiger partial charge in [0, 0.05) is 45.3 Å². The Kier molecular flexibility index (Phi) is 9.93. The summed E-state index contributed by atoms with van der Waals surface area (Å²) in [4.78, 5) is 4.83. The molecular formula is C16H35N3OS. The summed E-state index contributed by atoms with van der Waals surface area (Å²) in [6.07, 6.45) is 5.69. The monoisotopic (exact) mass is 317 g/mol. The van der Waals surface area contributed by atoms with Crippen molar-refractivity contribution in [2.45, 2.75) is 52.2 Å². The largest absolute Gasteiger partial charge is 0.390 e. The lowest BCUT2D eigenvalue weighted by atomic mass is 10.1. The van der Waals surface area contributed by atoms with Crippen LogP contribution >= 0.6 is 11.9 Å². The first-order valence-electron chi connectivity index (χ1n) is 8.54. The fourth-order valence-electron chi connectivity index (χ4n) is 3.02. The molecule has 1 fully saturated rings. The minimum absolute atomic E-state index is 0.227. The molecule has 0 aromatic heterocycles. The molecule has 21 heavy (non-hydrogen) atoms. The van der Waals surface area contributed by atoms with Gasteiger partial charge in [0.2, 0.25) is 0 Å². The zero-order valence-electron chi connectivity index (χ0n) is 14.4. The number of rotatable bonds is 10. The minimum Gasteiger partial charge on any atom is -0.390 e. The Balaban J connectivity index is 2.29. The van der Waals surface area contributed by atoms with E-state index in [-0.39, 0.29) is 6.10 Å². The maximum Gasteiger partial charge on any atom is 0.0793 e. The summed E-state index contributed by atoms with van der Waals surface area (Å²) in [6.45, 7) is 13.8. The molecule has 0 saturated carbocycles. The number of hydrogen-bond donors (Lipinski definition) is 1. The van der Waals surface area contributed by atoms with Crippen LogP contribution in [0.15, 0.2) is 0 Å². The van der Waals surface area contributed by atoms with Gasteiger partial charge in [-0.1, -0.05) is 38.6 Å². The van der Waals surface area contributed by atoms with Crippen LogP contribution < -0.4 is 0 Å². The number of hydrogen-bond acceptors (Lipinski definition) is 5. The second kappa shape index (κ2) is 10.8. The van der Waals surface area contributed by atoms with Crippen molar-refractivity contribution in [3.8, 4) is 0 Å². The molecular weight excluding hydrogens is 282 g/mol. The average Bonchev–Trinajstić information content (AvgIpc) is 2.51. The molecule has 2 unspecified atom stereocenters. The molecule has 1 aliphatic heterocycles. The van der Waals surface area contributed by atoms with E-state index in [1.54, 1.807) is 0 Å². The van der Waals surface area contributed by atoms with Gasteiger partial charge in [0.05, 0.1) is 6.10 Å². The van der Waals surface area contributed by atoms with Crippen LogP contribution in [0, 0.1) is 0 Å². The first-order valence-corrected chi connectivity index (χ1v) is 9.72. The van der Waals surface area contributed by atoms with E-state index in [2.05, 4.69) is 41.1 Å². The first kappa shape index (κ1) is 19.2. The second-order valence-electron chi connectivity index (χ2n) is 6.14. The van der Waals surface area contributed by atoms with Gasteiger partial charge in [0.1, 0.15) is 0 Å². The molecule has 0 aromatic carbocycles. The van der Waals surface area contributed by atoms with Gasteiger partial charge < -0.3 is 5.11 Å². The Morgan fingerprint density at radius 2 is 1.86 bits per heavy atom. The van der Waals surface area contributed by atoms with Crippen LogP contribution in [0.2, 0.25) is 0 Å². The maximum atomic E-state index is 10.4. The third-order valence-electron chi connectivity index (χ3n) is 4.51. The van der Waals surface area contributed by atoms with Crippen LogP contribution in [0.4, 0.5) is 0 Å². The quantitative estimate of drug-likeness (QED) is 0.624. The Morgan fingerprint density at radius 1 is 1.19 bits per heavy atom. The number of likely N-dealkylation sites (N-methyl/N-ethyl adjacent to an activating group) is 1. The van der Waals surface area contributed by atoms with Crippen LogP contribution in [0.1, 0.15) is 40.0 Å². The lowest BCUT2D eigenvalue weighted by Gasteiger charge is -2.36. The fraction of sp³-hybridized carbons (Fsp3) is 1.00. The highest BCUT2D eigenvalue weighted by molar-refractivity contribution is 7.96. The van der Waals surface area contributed by atoms with Gasteiger partial charge in [-0.05, 0) is 26.1 Å². The number of nitrogens with zero attached hydrogens (tertiary/aromatic N) is 3. The molecule has 0 aliphatic carbocycles. The van der Waals surface area contributed by atoms with Crippen molar-refractivity contribution in [3.05, 3.63) is 0 Å². The van der Waals surface area contributed by atoms with E-state index in [0.29, 0.717) is 6.04 Å². The maximum absolute atomic E-state index is 10.4. The van der Waals surface area contributed by atoms with Gasteiger partial charge in [0.25, 0.3) is 0 Å². The molecule has 0 spiro atoms. The summed E-state index contributed by atoms with van der Waals surface area (Å²) in [7, 11) is 0. The van der Waals surface area contributed by atoms with E-state index in [1.807, 2.05) is 11.9 Å². The lowest BCUT2D eigenvalue weighted by molar-refractivity contribution is 0.0517. The topological polar surface area (TPSA) is 30.0 Å². The number of aliphatic hydroxyl groups excluding tert-OH is 1. The summed E-state index contributed by atoms with van der Waals surface area (Å²) in [6, 6.07) is 0.581. The molecule has 1 saturated heterocycles. The van der Waals surface area contributed by atoms with Crippen molar-refractivity contribution in [3.63, 3.8) is 0 Å². The lowest BCUT2D eigenvalue weighted by Crippen LogP contribution is -2.49. The summed E-state index contributed by atoms with van der Waals surface area (Å²) in [5, 5.41) is 10.4. The fourth-order valence-corrected chi connectivity index (χ4v) is 3.55. The van der Waals surface area contributed by atoms with E-state index in [1.165, 1.54) is 19.3 Å².